The van der Waals surface area contributed by atoms with Gasteiger partial charge >= 0.3 is 18.0 Å². The Kier molecular flexibility index (Phi) is 24.5. The summed E-state index contributed by atoms with van der Waals surface area (Å²) < 4.78 is 55.7. The average Bonchev–Trinajstić information content (AvgIpc) is 4.05. The van der Waals surface area contributed by atoms with E-state index in [-0.39, 0.29) is 47.3 Å². The Labute approximate surface area is 439 Å². The molecule has 2 N–H and O–H groups in total. The number of hydrogen-bond acceptors (Lipinski definition) is 17. The van der Waals surface area contributed by atoms with Gasteiger partial charge in [-0.1, -0.05) is 68.3 Å². The zero-order valence-corrected chi connectivity index (χ0v) is 45.9. The highest BCUT2D eigenvalue weighted by Gasteiger charge is 2.64. The van der Waals surface area contributed by atoms with E-state index in [1.54, 1.807) is 70.9 Å². The van der Waals surface area contributed by atoms with Crippen molar-refractivity contribution in [2.45, 2.75) is 127 Å². The molecule has 0 saturated carbocycles. The number of ether oxygens (including phenoxy) is 10. The van der Waals surface area contributed by atoms with Crippen LogP contribution in [0.1, 0.15) is 79.2 Å². The van der Waals surface area contributed by atoms with Crippen molar-refractivity contribution in [2.75, 3.05) is 98.9 Å². The summed E-state index contributed by atoms with van der Waals surface area (Å²) >= 11 is 8.52. The maximum absolute atomic E-state index is 14.4. The van der Waals surface area contributed by atoms with Gasteiger partial charge in [0.25, 0.3) is 0 Å². The highest BCUT2D eigenvalue weighted by atomic mass is 35.5. The molecule has 73 heavy (non-hydrogen) atoms. The normalized spacial score (nSPS) is 25.0. The number of alkyl carbamates (subject to hydrolysis) is 1. The molecule has 0 spiro atoms. The van der Waals surface area contributed by atoms with Gasteiger partial charge < -0.3 is 62.3 Å². The molecular weight excluding hydrogens is 990 g/mol. The number of nitrogens with one attached hydrogen (secondary N) is 1. The quantitative estimate of drug-likeness (QED) is 0.0378. The number of allylic oxidation sites excluding steroid dienone is 3. The van der Waals surface area contributed by atoms with E-state index in [2.05, 4.69) is 23.9 Å². The molecule has 8 atom stereocenters. The number of thioether (sulfide) groups is 1. The summed E-state index contributed by atoms with van der Waals surface area (Å²) in [5.41, 5.74) is -1.02. The lowest BCUT2D eigenvalue weighted by Gasteiger charge is -2.42. The average molecular weight is 1070 g/mol. The highest BCUT2D eigenvalue weighted by molar-refractivity contribution is 8.00. The van der Waals surface area contributed by atoms with Crippen LogP contribution < -0.4 is 15.0 Å². The molecule has 0 aromatic heterocycles. The second-order valence-electron chi connectivity index (χ2n) is 19.2. The number of carbonyl (C=O) groups excluding carboxylic acids is 5. The van der Waals surface area contributed by atoms with Gasteiger partial charge in [-0.05, 0) is 51.3 Å². The SMILES string of the molecule is COC(=O)CCOCCOCCOCCOCC=CCSC(C)(C)CCC(=O)N(C)[C@@H](C)C(=O)O[C@H]1CC(=O)N(C)c2cc(cc(OC)c2Cl)CC(C)=CC=C[C@@H](OC)[C@@]2(O)C[C@H](OC(=O)N2)[C@@H](C)[C@@H]2O[C@@]12C. The number of hydrogen-bond donors (Lipinski definition) is 2. The Hall–Kier alpha value is -4.25. The third-order valence-corrected chi connectivity index (χ3v) is 14.9. The number of rotatable bonds is 25. The third-order valence-electron chi connectivity index (χ3n) is 13.2. The number of halogens is 1. The first kappa shape index (κ1) is 61.3. The largest absolute Gasteiger partial charge is 0.495 e. The van der Waals surface area contributed by atoms with Gasteiger partial charge in [0.05, 0.1) is 91.7 Å². The van der Waals surface area contributed by atoms with Crippen LogP contribution in [0.25, 0.3) is 0 Å². The van der Waals surface area contributed by atoms with Crippen LogP contribution in [0, 0.1) is 5.92 Å². The monoisotopic (exact) mass is 1070 g/mol. The van der Waals surface area contributed by atoms with Gasteiger partial charge in [-0.3, -0.25) is 19.7 Å². The number of carbonyl (C=O) groups is 5. The van der Waals surface area contributed by atoms with Gasteiger partial charge in [-0.25, -0.2) is 9.59 Å². The zero-order valence-electron chi connectivity index (χ0n) is 44.4. The molecule has 2 fully saturated rings. The molecule has 1 aromatic rings. The third kappa shape index (κ3) is 18.5. The highest BCUT2D eigenvalue weighted by Crippen LogP contribution is 2.49. The van der Waals surface area contributed by atoms with E-state index >= 15 is 0 Å². The van der Waals surface area contributed by atoms with Crippen molar-refractivity contribution >= 4 is 58.9 Å². The first-order valence-corrected chi connectivity index (χ1v) is 26.0. The number of benzene rings is 1. The fourth-order valence-corrected chi connectivity index (χ4v) is 9.60. The molecule has 0 radical (unpaired) electrons. The molecule has 3 aliphatic rings. The number of esters is 2. The number of anilines is 1. The van der Waals surface area contributed by atoms with Gasteiger partial charge in [0, 0.05) is 50.5 Å². The Morgan fingerprint density at radius 2 is 1.68 bits per heavy atom. The van der Waals surface area contributed by atoms with Gasteiger partial charge in [-0.2, -0.15) is 11.8 Å². The fraction of sp³-hybridized carbons (Fsp3) is 0.673. The molecular formula is C52H78ClN3O16S. The van der Waals surface area contributed by atoms with E-state index in [0.29, 0.717) is 82.9 Å². The molecule has 4 rings (SSSR count). The molecule has 410 valence electrons. The lowest BCUT2D eigenvalue weighted by molar-refractivity contribution is -0.162. The van der Waals surface area contributed by atoms with Gasteiger partial charge in [-0.15, -0.1) is 0 Å². The van der Waals surface area contributed by atoms with Crippen LogP contribution in [0.5, 0.6) is 5.75 Å². The number of fused-ring (bicyclic) bond motifs is 5. The molecule has 4 bridgehead atoms. The lowest BCUT2D eigenvalue weighted by atomic mass is 9.83. The molecule has 3 aliphatic heterocycles. The second-order valence-corrected chi connectivity index (χ2v) is 21.3. The van der Waals surface area contributed by atoms with Crippen LogP contribution >= 0.6 is 23.4 Å². The number of nitrogens with zero attached hydrogens (tertiary/aromatic N) is 2. The summed E-state index contributed by atoms with van der Waals surface area (Å²) in [5.74, 6) is -1.26. The predicted octanol–water partition coefficient (Wildman–Crippen LogP) is 5.99. The van der Waals surface area contributed by atoms with Gasteiger partial charge in [0.15, 0.2) is 5.72 Å². The van der Waals surface area contributed by atoms with Crippen molar-refractivity contribution in [1.29, 1.82) is 0 Å². The smallest absolute Gasteiger partial charge is 0.409 e. The molecule has 0 aliphatic carbocycles. The summed E-state index contributed by atoms with van der Waals surface area (Å²) in [6.45, 7) is 14.4. The van der Waals surface area contributed by atoms with E-state index in [9.17, 15) is 29.1 Å². The van der Waals surface area contributed by atoms with Crippen LogP contribution in [0.3, 0.4) is 0 Å². The zero-order chi connectivity index (χ0) is 53.9. The minimum atomic E-state index is -1.85. The van der Waals surface area contributed by atoms with Crippen LogP contribution in [0.15, 0.2) is 48.1 Å². The molecule has 21 heteroatoms. The lowest BCUT2D eigenvalue weighted by Crippen LogP contribution is -2.63. The van der Waals surface area contributed by atoms with Crippen LogP contribution in [-0.4, -0.2) is 180 Å². The van der Waals surface area contributed by atoms with Crippen molar-refractivity contribution < 1.29 is 76.4 Å². The Morgan fingerprint density at radius 3 is 2.33 bits per heavy atom. The van der Waals surface area contributed by atoms with Crippen LogP contribution in [0.2, 0.25) is 5.02 Å². The maximum Gasteiger partial charge on any atom is 0.409 e. The van der Waals surface area contributed by atoms with Gasteiger partial charge in [0.2, 0.25) is 11.8 Å². The first-order valence-electron chi connectivity index (χ1n) is 24.6. The van der Waals surface area contributed by atoms with E-state index in [4.69, 9.17) is 54.2 Å². The second kappa shape index (κ2) is 29.2. The van der Waals surface area contributed by atoms with E-state index in [1.807, 2.05) is 25.2 Å². The number of epoxide rings is 1. The number of aliphatic hydroxyl groups is 1. The summed E-state index contributed by atoms with van der Waals surface area (Å²) in [4.78, 5) is 68.9. The van der Waals surface area contributed by atoms with Crippen molar-refractivity contribution in [1.82, 2.24) is 10.2 Å². The first-order chi connectivity index (χ1) is 34.6. The summed E-state index contributed by atoms with van der Waals surface area (Å²) in [5, 5.41) is 14.6. The number of methoxy groups -OCH3 is 3. The Bertz CT molecular complexity index is 2110. The Balaban J connectivity index is 1.34. The Morgan fingerprint density at radius 1 is 1.03 bits per heavy atom. The van der Waals surface area contributed by atoms with Crippen molar-refractivity contribution in [3.63, 3.8) is 0 Å². The van der Waals surface area contributed by atoms with E-state index in [1.165, 1.54) is 31.1 Å². The molecule has 0 unspecified atom stereocenters. The fourth-order valence-electron chi connectivity index (χ4n) is 8.35. The van der Waals surface area contributed by atoms with Crippen LogP contribution in [0.4, 0.5) is 10.5 Å². The number of amides is 3. The van der Waals surface area contributed by atoms with Gasteiger partial charge in [0.1, 0.15) is 40.7 Å². The summed E-state index contributed by atoms with van der Waals surface area (Å²) in [6.07, 6.45) is 5.62. The van der Waals surface area contributed by atoms with Crippen molar-refractivity contribution in [3.05, 3.63) is 58.7 Å². The minimum Gasteiger partial charge on any atom is -0.495 e. The van der Waals surface area contributed by atoms with E-state index < -0.39 is 65.7 Å². The number of likely N-dealkylation sites (N-methyl/N-ethyl adjacent to an activating group) is 1. The predicted molar refractivity (Wildman–Crippen MR) is 276 cm³/mol. The van der Waals surface area contributed by atoms with Crippen LogP contribution in [-0.2, 0) is 68.2 Å². The minimum absolute atomic E-state index is 0.0696. The molecule has 1 aromatic carbocycles. The molecule has 3 amide bonds. The summed E-state index contributed by atoms with van der Waals surface area (Å²) in [6, 6.07) is 2.55. The molecule has 19 nitrogen and oxygen atoms in total. The van der Waals surface area contributed by atoms with Crippen molar-refractivity contribution in [3.8, 4) is 5.75 Å². The van der Waals surface area contributed by atoms with Crippen molar-refractivity contribution in [2.24, 2.45) is 5.92 Å². The topological polar surface area (TPSA) is 220 Å². The molecule has 2 saturated heterocycles. The molecule has 3 heterocycles. The van der Waals surface area contributed by atoms with E-state index in [0.717, 1.165) is 11.1 Å². The maximum atomic E-state index is 14.4. The standard InChI is InChI=1S/C52H78ClN3O16S/c1-34-15-14-16-41(64-10)52(62)33-40(70-49(61)54-52)35(2)47-51(6,72-47)42(32-44(58)56(8)38-30-37(29-34)31-39(63-9)46(38)53)71-48(60)36(3)55(7)43(57)17-19-50(4,5)73-28-13-12-20-66-22-24-68-26-27-69-25-23-67-21-18-45(59)65-11/h12-16,30-31,35-36,40-42,47,62H,17-29,32-33H2,1-11H3,(H,54,61)/t35-,36+,40+,41-,42+,47+,51+,52+/m1/s1. The summed E-state index contributed by atoms with van der Waals surface area (Å²) in [7, 11) is 7.38.